The Hall–Kier alpha value is -3.16. The van der Waals surface area contributed by atoms with Gasteiger partial charge >= 0.3 is 0 Å². The standard InChI is InChI=1S/C22H21N3O3S/c1-25-15-19(18-14-17(28-2)11-12-20(18)25)22(16-8-4-3-5-9-16)24-29(26,27)21-10-6-7-13-23-21/h3-15,22,24H,1-2H3. The molecule has 0 radical (unpaired) electrons. The molecule has 0 saturated heterocycles. The molecule has 0 bridgehead atoms. The van der Waals surface area contributed by atoms with Gasteiger partial charge in [-0.05, 0) is 35.9 Å². The second-order valence-corrected chi connectivity index (χ2v) is 8.37. The number of rotatable bonds is 6. The van der Waals surface area contributed by atoms with Crippen molar-refractivity contribution in [2.45, 2.75) is 11.1 Å². The minimum absolute atomic E-state index is 0.0150. The van der Waals surface area contributed by atoms with Gasteiger partial charge in [0.15, 0.2) is 5.03 Å². The van der Waals surface area contributed by atoms with E-state index in [-0.39, 0.29) is 5.03 Å². The second-order valence-electron chi connectivity index (χ2n) is 6.71. The van der Waals surface area contributed by atoms with Crippen molar-refractivity contribution in [3.05, 3.63) is 90.3 Å². The predicted molar refractivity (Wildman–Crippen MR) is 112 cm³/mol. The van der Waals surface area contributed by atoms with Crippen LogP contribution in [0.3, 0.4) is 0 Å². The van der Waals surface area contributed by atoms with E-state index in [0.717, 1.165) is 22.0 Å². The summed E-state index contributed by atoms with van der Waals surface area (Å²) in [5.74, 6) is 0.712. The number of hydrogen-bond donors (Lipinski definition) is 1. The number of methoxy groups -OCH3 is 1. The van der Waals surface area contributed by atoms with Gasteiger partial charge in [0.05, 0.1) is 13.2 Å². The third-order valence-corrected chi connectivity index (χ3v) is 6.20. The number of ether oxygens (including phenoxy) is 1. The molecular weight excluding hydrogens is 386 g/mol. The van der Waals surface area contributed by atoms with Crippen LogP contribution in [0.15, 0.2) is 84.1 Å². The smallest absolute Gasteiger partial charge is 0.258 e. The average Bonchev–Trinajstić information content (AvgIpc) is 3.09. The van der Waals surface area contributed by atoms with Crippen LogP contribution < -0.4 is 9.46 Å². The van der Waals surface area contributed by atoms with E-state index in [9.17, 15) is 8.42 Å². The van der Waals surface area contributed by atoms with Crippen LogP contribution in [0.2, 0.25) is 0 Å². The van der Waals surface area contributed by atoms with Crippen LogP contribution in [0, 0.1) is 0 Å². The maximum absolute atomic E-state index is 13.1. The molecular formula is C22H21N3O3S. The topological polar surface area (TPSA) is 73.2 Å². The van der Waals surface area contributed by atoms with Crippen molar-refractivity contribution in [3.63, 3.8) is 0 Å². The molecule has 0 aliphatic rings. The highest BCUT2D eigenvalue weighted by Gasteiger charge is 2.26. The van der Waals surface area contributed by atoms with Gasteiger partial charge in [-0.25, -0.2) is 13.4 Å². The Kier molecular flexibility index (Phi) is 5.08. The van der Waals surface area contributed by atoms with E-state index >= 15 is 0 Å². The fourth-order valence-electron chi connectivity index (χ4n) is 3.44. The Morgan fingerprint density at radius 2 is 1.79 bits per heavy atom. The Bertz CT molecular complexity index is 1240. The highest BCUT2D eigenvalue weighted by molar-refractivity contribution is 7.89. The summed E-state index contributed by atoms with van der Waals surface area (Å²) in [6.45, 7) is 0. The molecule has 2 aromatic heterocycles. The maximum Gasteiger partial charge on any atom is 0.258 e. The molecule has 1 unspecified atom stereocenters. The van der Waals surface area contributed by atoms with Crippen LogP contribution >= 0.6 is 0 Å². The number of fused-ring (bicyclic) bond motifs is 1. The van der Waals surface area contributed by atoms with Crippen molar-refractivity contribution < 1.29 is 13.2 Å². The first kappa shape index (κ1) is 19.2. The number of hydrogen-bond acceptors (Lipinski definition) is 4. The molecule has 7 heteroatoms. The lowest BCUT2D eigenvalue weighted by molar-refractivity contribution is 0.415. The summed E-state index contributed by atoms with van der Waals surface area (Å²) in [6.07, 6.45) is 3.41. The molecule has 0 fully saturated rings. The van der Waals surface area contributed by atoms with Crippen molar-refractivity contribution in [2.75, 3.05) is 7.11 Å². The Labute approximate surface area is 169 Å². The minimum Gasteiger partial charge on any atom is -0.497 e. The number of nitrogens with zero attached hydrogens (tertiary/aromatic N) is 2. The van der Waals surface area contributed by atoms with Crippen molar-refractivity contribution in [3.8, 4) is 5.75 Å². The summed E-state index contributed by atoms with van der Waals surface area (Å²) in [5.41, 5.74) is 2.66. The average molecular weight is 407 g/mol. The van der Waals surface area contributed by atoms with E-state index in [1.54, 1.807) is 19.2 Å². The zero-order valence-electron chi connectivity index (χ0n) is 16.1. The van der Waals surface area contributed by atoms with Gasteiger partial charge in [-0.15, -0.1) is 0 Å². The summed E-state index contributed by atoms with van der Waals surface area (Å²) in [5, 5.41) is 0.906. The van der Waals surface area contributed by atoms with E-state index in [1.807, 2.05) is 66.3 Å². The van der Waals surface area contributed by atoms with Crippen LogP contribution in [-0.2, 0) is 17.1 Å². The van der Waals surface area contributed by atoms with Crippen LogP contribution in [0.1, 0.15) is 17.2 Å². The number of aryl methyl sites for hydroxylation is 1. The summed E-state index contributed by atoms with van der Waals surface area (Å²) in [4.78, 5) is 4.01. The first-order valence-corrected chi connectivity index (χ1v) is 10.6. The van der Waals surface area contributed by atoms with E-state index in [4.69, 9.17) is 4.74 Å². The molecule has 148 valence electrons. The Morgan fingerprint density at radius 3 is 2.48 bits per heavy atom. The number of aromatic nitrogens is 2. The molecule has 4 aromatic rings. The molecule has 0 spiro atoms. The van der Waals surface area contributed by atoms with Crippen molar-refractivity contribution in [1.29, 1.82) is 0 Å². The third-order valence-electron chi connectivity index (χ3n) is 4.86. The largest absolute Gasteiger partial charge is 0.497 e. The third kappa shape index (κ3) is 3.74. The normalized spacial score (nSPS) is 12.8. The monoisotopic (exact) mass is 407 g/mol. The van der Waals surface area contributed by atoms with Crippen LogP contribution in [0.25, 0.3) is 10.9 Å². The molecule has 0 amide bonds. The Morgan fingerprint density at radius 1 is 1.03 bits per heavy atom. The number of nitrogens with one attached hydrogen (secondary N) is 1. The van der Waals surface area contributed by atoms with E-state index in [0.29, 0.717) is 5.75 Å². The van der Waals surface area contributed by atoms with E-state index < -0.39 is 16.1 Å². The predicted octanol–water partition coefficient (Wildman–Crippen LogP) is 3.65. The van der Waals surface area contributed by atoms with Gasteiger partial charge < -0.3 is 9.30 Å². The fourth-order valence-corrected chi connectivity index (χ4v) is 4.59. The lowest BCUT2D eigenvalue weighted by Crippen LogP contribution is -2.30. The summed E-state index contributed by atoms with van der Waals surface area (Å²) >= 11 is 0. The van der Waals surface area contributed by atoms with Gasteiger partial charge in [-0.2, -0.15) is 4.72 Å². The summed E-state index contributed by atoms with van der Waals surface area (Å²) < 4.78 is 36.3. The molecule has 0 aliphatic heterocycles. The van der Waals surface area contributed by atoms with Crippen LogP contribution in [0.4, 0.5) is 0 Å². The minimum atomic E-state index is -3.83. The molecule has 1 atom stereocenters. The highest BCUT2D eigenvalue weighted by atomic mass is 32.2. The van der Waals surface area contributed by atoms with E-state index in [2.05, 4.69) is 9.71 Å². The fraction of sp³-hybridized carbons (Fsp3) is 0.136. The number of benzene rings is 2. The first-order chi connectivity index (χ1) is 14.0. The molecule has 4 rings (SSSR count). The van der Waals surface area contributed by atoms with Crippen molar-refractivity contribution in [2.24, 2.45) is 7.05 Å². The van der Waals surface area contributed by atoms with Crippen LogP contribution in [0.5, 0.6) is 5.75 Å². The molecule has 0 saturated carbocycles. The first-order valence-electron chi connectivity index (χ1n) is 9.11. The molecule has 29 heavy (non-hydrogen) atoms. The summed E-state index contributed by atoms with van der Waals surface area (Å²) in [7, 11) is -0.281. The van der Waals surface area contributed by atoms with Gasteiger partial charge in [0.2, 0.25) is 0 Å². The lowest BCUT2D eigenvalue weighted by Gasteiger charge is -2.19. The molecule has 1 N–H and O–H groups in total. The van der Waals surface area contributed by atoms with Gasteiger partial charge in [-0.3, -0.25) is 0 Å². The number of pyridine rings is 1. The van der Waals surface area contributed by atoms with Crippen LogP contribution in [-0.4, -0.2) is 25.1 Å². The lowest BCUT2D eigenvalue weighted by atomic mass is 9.99. The van der Waals surface area contributed by atoms with Gasteiger partial charge in [0, 0.05) is 35.9 Å². The summed E-state index contributed by atoms with van der Waals surface area (Å²) in [6, 6.07) is 19.5. The zero-order chi connectivity index (χ0) is 20.4. The SMILES string of the molecule is COc1ccc2c(c1)c(C(NS(=O)(=O)c1ccccn1)c1ccccc1)cn2C. The quantitative estimate of drug-likeness (QED) is 0.530. The van der Waals surface area contributed by atoms with Gasteiger partial charge in [0.1, 0.15) is 5.75 Å². The van der Waals surface area contributed by atoms with Crippen molar-refractivity contribution in [1.82, 2.24) is 14.3 Å². The van der Waals surface area contributed by atoms with Crippen molar-refractivity contribution >= 4 is 20.9 Å². The molecule has 2 heterocycles. The highest BCUT2D eigenvalue weighted by Crippen LogP contribution is 2.33. The molecule has 0 aliphatic carbocycles. The molecule has 6 nitrogen and oxygen atoms in total. The second kappa shape index (κ2) is 7.69. The number of sulfonamides is 1. The maximum atomic E-state index is 13.1. The van der Waals surface area contributed by atoms with Gasteiger partial charge in [-0.1, -0.05) is 36.4 Å². The molecule has 2 aromatic carbocycles. The Balaban J connectivity index is 1.88. The van der Waals surface area contributed by atoms with Gasteiger partial charge in [0.25, 0.3) is 10.0 Å². The zero-order valence-corrected chi connectivity index (χ0v) is 16.9. The van der Waals surface area contributed by atoms with E-state index in [1.165, 1.54) is 12.3 Å².